The van der Waals surface area contributed by atoms with E-state index in [1.807, 2.05) is 48.5 Å². The Labute approximate surface area is 135 Å². The predicted octanol–water partition coefficient (Wildman–Crippen LogP) is 3.76. The van der Waals surface area contributed by atoms with Crippen molar-refractivity contribution in [2.75, 3.05) is 18.5 Å². The number of hydrogen-bond donors (Lipinski definition) is 1. The minimum Gasteiger partial charge on any atom is -0.490 e. The van der Waals surface area contributed by atoms with Crippen LogP contribution in [0.25, 0.3) is 0 Å². The Kier molecular flexibility index (Phi) is 6.10. The highest BCUT2D eigenvalue weighted by Crippen LogP contribution is 2.20. The fraction of sp³-hybridized carbons (Fsp3) is 0.235. The zero-order chi connectivity index (χ0) is 15.8. The van der Waals surface area contributed by atoms with Crippen LogP contribution in [0.1, 0.15) is 6.92 Å². The molecule has 0 fully saturated rings. The second-order valence-electron chi connectivity index (χ2n) is 4.72. The van der Waals surface area contributed by atoms with E-state index in [0.29, 0.717) is 11.6 Å². The lowest BCUT2D eigenvalue weighted by Gasteiger charge is -2.19. The first kappa shape index (κ1) is 16.2. The molecule has 5 heteroatoms. The van der Waals surface area contributed by atoms with Crippen LogP contribution in [0, 0.1) is 0 Å². The van der Waals surface area contributed by atoms with Crippen LogP contribution in [-0.4, -0.2) is 25.2 Å². The second kappa shape index (κ2) is 8.29. The van der Waals surface area contributed by atoms with Crippen molar-refractivity contribution in [3.05, 3.63) is 59.6 Å². The summed E-state index contributed by atoms with van der Waals surface area (Å²) in [5.74, 6) is 0.389. The van der Waals surface area contributed by atoms with E-state index in [4.69, 9.17) is 21.1 Å². The van der Waals surface area contributed by atoms with E-state index in [-0.39, 0.29) is 12.6 Å². The van der Waals surface area contributed by atoms with Gasteiger partial charge in [-0.3, -0.25) is 4.79 Å². The number of anilines is 1. The quantitative estimate of drug-likeness (QED) is 0.789. The molecule has 0 amide bonds. The number of esters is 1. The minimum absolute atomic E-state index is 0.265. The topological polar surface area (TPSA) is 47.6 Å². The van der Waals surface area contributed by atoms with Gasteiger partial charge < -0.3 is 14.8 Å². The smallest absolute Gasteiger partial charge is 0.303 e. The molecule has 0 saturated heterocycles. The van der Waals surface area contributed by atoms with Gasteiger partial charge in [0, 0.05) is 6.92 Å². The summed E-state index contributed by atoms with van der Waals surface area (Å²) in [4.78, 5) is 11.2. The van der Waals surface area contributed by atoms with Crippen LogP contribution in [0.5, 0.6) is 5.75 Å². The molecule has 0 aliphatic rings. The number of benzene rings is 2. The highest BCUT2D eigenvalue weighted by molar-refractivity contribution is 6.33. The van der Waals surface area contributed by atoms with Crippen LogP contribution in [-0.2, 0) is 9.53 Å². The highest BCUT2D eigenvalue weighted by atomic mass is 35.5. The molecule has 22 heavy (non-hydrogen) atoms. The molecule has 4 nitrogen and oxygen atoms in total. The molecule has 1 unspecified atom stereocenters. The Morgan fingerprint density at radius 2 is 1.82 bits per heavy atom. The van der Waals surface area contributed by atoms with Crippen molar-refractivity contribution in [1.82, 2.24) is 0 Å². The highest BCUT2D eigenvalue weighted by Gasteiger charge is 2.13. The van der Waals surface area contributed by atoms with Gasteiger partial charge in [0.15, 0.2) is 6.10 Å². The maximum Gasteiger partial charge on any atom is 0.303 e. The van der Waals surface area contributed by atoms with E-state index in [1.165, 1.54) is 6.92 Å². The van der Waals surface area contributed by atoms with Crippen molar-refractivity contribution in [1.29, 1.82) is 0 Å². The summed E-state index contributed by atoms with van der Waals surface area (Å²) >= 11 is 6.08. The maximum atomic E-state index is 11.2. The van der Waals surface area contributed by atoms with E-state index in [9.17, 15) is 4.79 Å². The Morgan fingerprint density at radius 1 is 1.14 bits per heavy atom. The number of carbonyl (C=O) groups is 1. The zero-order valence-corrected chi connectivity index (χ0v) is 13.0. The maximum absolute atomic E-state index is 11.2. The third-order valence-electron chi connectivity index (χ3n) is 2.91. The third-order valence-corrected chi connectivity index (χ3v) is 3.24. The standard InChI is InChI=1S/C17H18ClNO3/c1-13(20)22-15(12-21-14-7-3-2-4-8-14)11-19-17-10-6-5-9-16(17)18/h2-10,15,19H,11-12H2,1H3. The van der Waals surface area contributed by atoms with Crippen LogP contribution in [0.15, 0.2) is 54.6 Å². The van der Waals surface area contributed by atoms with E-state index in [0.717, 1.165) is 11.4 Å². The van der Waals surface area contributed by atoms with E-state index < -0.39 is 6.10 Å². The van der Waals surface area contributed by atoms with E-state index >= 15 is 0 Å². The first-order valence-electron chi connectivity index (χ1n) is 6.98. The minimum atomic E-state index is -0.408. The largest absolute Gasteiger partial charge is 0.490 e. The van der Waals surface area contributed by atoms with E-state index in [2.05, 4.69) is 5.32 Å². The number of hydrogen-bond acceptors (Lipinski definition) is 4. The molecule has 2 aromatic rings. The fourth-order valence-electron chi connectivity index (χ4n) is 1.90. The van der Waals surface area contributed by atoms with Crippen LogP contribution < -0.4 is 10.1 Å². The van der Waals surface area contributed by atoms with E-state index in [1.54, 1.807) is 6.07 Å². The first-order valence-corrected chi connectivity index (χ1v) is 7.36. The van der Waals surface area contributed by atoms with Crippen molar-refractivity contribution in [2.24, 2.45) is 0 Å². The fourth-order valence-corrected chi connectivity index (χ4v) is 2.11. The number of carbonyl (C=O) groups excluding carboxylic acids is 1. The lowest BCUT2D eigenvalue weighted by Crippen LogP contribution is -2.31. The summed E-state index contributed by atoms with van der Waals surface area (Å²) in [7, 11) is 0. The van der Waals surface area contributed by atoms with Gasteiger partial charge in [0.05, 0.1) is 17.3 Å². The molecule has 1 atom stereocenters. The Bertz CT molecular complexity index is 604. The summed E-state index contributed by atoms with van der Waals surface area (Å²) in [5.41, 5.74) is 0.793. The van der Waals surface area contributed by atoms with Gasteiger partial charge >= 0.3 is 5.97 Å². The van der Waals surface area contributed by atoms with Crippen LogP contribution >= 0.6 is 11.6 Å². The number of ether oxygens (including phenoxy) is 2. The van der Waals surface area contributed by atoms with Crippen molar-refractivity contribution in [3.63, 3.8) is 0 Å². The lowest BCUT2D eigenvalue weighted by atomic mass is 10.3. The van der Waals surface area contributed by atoms with Gasteiger partial charge in [-0.2, -0.15) is 0 Å². The first-order chi connectivity index (χ1) is 10.6. The molecule has 0 bridgehead atoms. The average Bonchev–Trinajstić information content (AvgIpc) is 2.52. The molecule has 0 saturated carbocycles. The van der Waals surface area contributed by atoms with Gasteiger partial charge in [-0.1, -0.05) is 41.9 Å². The molecule has 1 N–H and O–H groups in total. The predicted molar refractivity (Wildman–Crippen MR) is 87.4 cm³/mol. The van der Waals surface area contributed by atoms with Crippen molar-refractivity contribution < 1.29 is 14.3 Å². The summed E-state index contributed by atoms with van der Waals surface area (Å²) < 4.78 is 10.9. The molecule has 2 rings (SSSR count). The zero-order valence-electron chi connectivity index (χ0n) is 12.3. The van der Waals surface area contributed by atoms with Crippen LogP contribution in [0.4, 0.5) is 5.69 Å². The van der Waals surface area contributed by atoms with Gasteiger partial charge in [-0.15, -0.1) is 0 Å². The Hall–Kier alpha value is -2.20. The van der Waals surface area contributed by atoms with Crippen LogP contribution in [0.2, 0.25) is 5.02 Å². The Morgan fingerprint density at radius 3 is 2.50 bits per heavy atom. The lowest BCUT2D eigenvalue weighted by molar-refractivity contribution is -0.147. The SMILES string of the molecule is CC(=O)OC(CNc1ccccc1Cl)COc1ccccc1. The van der Waals surface area contributed by atoms with Crippen LogP contribution in [0.3, 0.4) is 0 Å². The normalized spacial score (nSPS) is 11.5. The van der Waals surface area contributed by atoms with Crippen molar-refractivity contribution in [3.8, 4) is 5.75 Å². The van der Waals surface area contributed by atoms with Gasteiger partial charge in [0.25, 0.3) is 0 Å². The number of rotatable bonds is 7. The molecule has 0 aliphatic carbocycles. The summed E-state index contributed by atoms with van der Waals surface area (Å²) in [6.07, 6.45) is -0.408. The molecule has 2 aromatic carbocycles. The summed E-state index contributed by atoms with van der Waals surface area (Å²) in [5, 5.41) is 3.78. The number of halogens is 1. The molecule has 0 spiro atoms. The molecule has 0 aromatic heterocycles. The molecule has 0 aliphatic heterocycles. The summed E-state index contributed by atoms with van der Waals surface area (Å²) in [6.45, 7) is 2.06. The second-order valence-corrected chi connectivity index (χ2v) is 5.12. The monoisotopic (exact) mass is 319 g/mol. The molecular weight excluding hydrogens is 302 g/mol. The van der Waals surface area contributed by atoms with Gasteiger partial charge in [-0.25, -0.2) is 0 Å². The van der Waals surface area contributed by atoms with Crippen molar-refractivity contribution >= 4 is 23.3 Å². The Balaban J connectivity index is 1.91. The molecule has 0 radical (unpaired) electrons. The summed E-state index contributed by atoms with van der Waals surface area (Å²) in [6, 6.07) is 16.8. The molecular formula is C17H18ClNO3. The van der Waals surface area contributed by atoms with Gasteiger partial charge in [0.1, 0.15) is 12.4 Å². The number of para-hydroxylation sites is 2. The van der Waals surface area contributed by atoms with Gasteiger partial charge in [-0.05, 0) is 24.3 Å². The molecule has 0 heterocycles. The average molecular weight is 320 g/mol. The molecule has 116 valence electrons. The van der Waals surface area contributed by atoms with Crippen molar-refractivity contribution in [2.45, 2.75) is 13.0 Å². The van der Waals surface area contributed by atoms with Gasteiger partial charge in [0.2, 0.25) is 0 Å². The number of nitrogens with one attached hydrogen (secondary N) is 1. The third kappa shape index (κ3) is 5.30.